The van der Waals surface area contributed by atoms with Crippen LogP contribution in [0.1, 0.15) is 22.3 Å². The second-order valence-corrected chi connectivity index (χ2v) is 5.93. The first-order valence-electron chi connectivity index (χ1n) is 5.91. The van der Waals surface area contributed by atoms with Crippen LogP contribution in [0.5, 0.6) is 0 Å². The molecule has 2 atom stereocenters. The normalized spacial score (nSPS) is 13.6. The lowest BCUT2D eigenvalue weighted by atomic mass is 9.99. The van der Waals surface area contributed by atoms with Gasteiger partial charge in [0.2, 0.25) is 0 Å². The van der Waals surface area contributed by atoms with Crippen molar-refractivity contribution in [1.29, 1.82) is 0 Å². The lowest BCUT2D eigenvalue weighted by Gasteiger charge is -2.12. The number of aryl methyl sites for hydroxylation is 1. The average molecular weight is 282 g/mol. The van der Waals surface area contributed by atoms with E-state index in [4.69, 9.17) is 0 Å². The molecule has 19 heavy (non-hydrogen) atoms. The van der Waals surface area contributed by atoms with Gasteiger partial charge >= 0.3 is 5.97 Å². The van der Waals surface area contributed by atoms with Crippen LogP contribution in [0.2, 0.25) is 0 Å². The Labute approximate surface area is 115 Å². The van der Waals surface area contributed by atoms with Gasteiger partial charge in [-0.15, -0.1) is 0 Å². The van der Waals surface area contributed by atoms with E-state index in [1.807, 2.05) is 19.1 Å². The lowest BCUT2D eigenvalue weighted by molar-refractivity contribution is -0.144. The summed E-state index contributed by atoms with van der Waals surface area (Å²) in [6.07, 6.45) is 1.53. The molecule has 4 nitrogen and oxygen atoms in total. The number of carbonyl (C=O) groups is 2. The highest BCUT2D eigenvalue weighted by Gasteiger charge is 2.24. The minimum Gasteiger partial charge on any atom is -0.469 e. The van der Waals surface area contributed by atoms with Gasteiger partial charge in [-0.1, -0.05) is 29.8 Å². The van der Waals surface area contributed by atoms with E-state index in [1.54, 1.807) is 12.1 Å². The number of ether oxygens (including phenoxy) is 1. The minimum atomic E-state index is -1.15. The molecule has 0 saturated heterocycles. The van der Waals surface area contributed by atoms with Gasteiger partial charge in [-0.25, -0.2) is 0 Å². The molecule has 0 aliphatic heterocycles. The van der Waals surface area contributed by atoms with Gasteiger partial charge in [0, 0.05) is 34.8 Å². The summed E-state index contributed by atoms with van der Waals surface area (Å²) in [4.78, 5) is 23.6. The monoisotopic (exact) mass is 282 g/mol. The summed E-state index contributed by atoms with van der Waals surface area (Å²) in [6, 6.07) is 7.15. The minimum absolute atomic E-state index is 0.0231. The molecule has 0 heterocycles. The average Bonchev–Trinajstić information content (AvgIpc) is 2.37. The number of hydrogen-bond acceptors (Lipinski definition) is 4. The first-order chi connectivity index (χ1) is 8.93. The Bertz CT molecular complexity index is 479. The van der Waals surface area contributed by atoms with Gasteiger partial charge in [-0.3, -0.25) is 13.8 Å². The van der Waals surface area contributed by atoms with E-state index in [-0.39, 0.29) is 18.0 Å². The van der Waals surface area contributed by atoms with Gasteiger partial charge in [-0.2, -0.15) is 0 Å². The van der Waals surface area contributed by atoms with Crippen LogP contribution in [0.15, 0.2) is 24.3 Å². The predicted molar refractivity (Wildman–Crippen MR) is 74.6 cm³/mol. The van der Waals surface area contributed by atoms with Crippen molar-refractivity contribution >= 4 is 22.6 Å². The third-order valence-corrected chi connectivity index (χ3v) is 3.65. The van der Waals surface area contributed by atoms with Crippen molar-refractivity contribution in [3.63, 3.8) is 0 Å². The van der Waals surface area contributed by atoms with Crippen LogP contribution in [-0.2, 0) is 20.3 Å². The Morgan fingerprint density at radius 3 is 2.32 bits per heavy atom. The molecule has 0 radical (unpaired) electrons. The highest BCUT2D eigenvalue weighted by molar-refractivity contribution is 7.84. The van der Waals surface area contributed by atoms with Gasteiger partial charge in [-0.05, 0) is 6.92 Å². The number of ketones is 1. The number of Topliss-reactive ketones (excluding diaryl/α,β-unsaturated/α-hetero) is 1. The summed E-state index contributed by atoms with van der Waals surface area (Å²) in [6.45, 7) is 1.94. The van der Waals surface area contributed by atoms with E-state index >= 15 is 0 Å². The molecule has 0 N–H and O–H groups in total. The molecule has 0 fully saturated rings. The van der Waals surface area contributed by atoms with Crippen LogP contribution in [0.4, 0.5) is 0 Å². The Balaban J connectivity index is 2.78. The van der Waals surface area contributed by atoms with Crippen molar-refractivity contribution < 1.29 is 18.5 Å². The highest BCUT2D eigenvalue weighted by Crippen LogP contribution is 2.13. The van der Waals surface area contributed by atoms with Gasteiger partial charge in [0.1, 0.15) is 0 Å². The molecule has 0 aliphatic carbocycles. The van der Waals surface area contributed by atoms with Crippen molar-refractivity contribution in [3.8, 4) is 0 Å². The number of rotatable bonds is 6. The maximum Gasteiger partial charge on any atom is 0.310 e. The lowest BCUT2D eigenvalue weighted by Crippen LogP contribution is -2.25. The topological polar surface area (TPSA) is 60.4 Å². The van der Waals surface area contributed by atoms with Gasteiger partial charge < -0.3 is 4.74 Å². The molecule has 0 aliphatic rings. The van der Waals surface area contributed by atoms with Crippen molar-refractivity contribution in [1.82, 2.24) is 0 Å². The molecule has 5 heteroatoms. The van der Waals surface area contributed by atoms with Gasteiger partial charge in [0.15, 0.2) is 5.78 Å². The standard InChI is InChI=1S/C14H18O4S/c1-10-4-6-11(7-5-10)13(15)8-12(9-19(3)17)14(16)18-2/h4-7,12H,8-9H2,1-3H3. The molecule has 1 rings (SSSR count). The molecular formula is C14H18O4S. The summed E-state index contributed by atoms with van der Waals surface area (Å²) in [7, 11) is 0.121. The zero-order chi connectivity index (χ0) is 14.4. The third kappa shape index (κ3) is 4.95. The van der Waals surface area contributed by atoms with Crippen LogP contribution in [0.3, 0.4) is 0 Å². The molecule has 0 aromatic heterocycles. The van der Waals surface area contributed by atoms with Crippen LogP contribution in [-0.4, -0.2) is 35.1 Å². The van der Waals surface area contributed by atoms with Crippen molar-refractivity contribution in [3.05, 3.63) is 35.4 Å². The van der Waals surface area contributed by atoms with E-state index < -0.39 is 22.7 Å². The van der Waals surface area contributed by atoms with E-state index in [0.29, 0.717) is 5.56 Å². The Hall–Kier alpha value is -1.49. The fourth-order valence-corrected chi connectivity index (χ4v) is 2.56. The summed E-state index contributed by atoms with van der Waals surface area (Å²) >= 11 is 0. The molecular weight excluding hydrogens is 264 g/mol. The summed E-state index contributed by atoms with van der Waals surface area (Å²) in [5, 5.41) is 0. The smallest absolute Gasteiger partial charge is 0.310 e. The third-order valence-electron chi connectivity index (χ3n) is 2.78. The largest absolute Gasteiger partial charge is 0.469 e. The maximum atomic E-state index is 12.1. The summed E-state index contributed by atoms with van der Waals surface area (Å²) in [5.41, 5.74) is 1.62. The van der Waals surface area contributed by atoms with E-state index in [1.165, 1.54) is 13.4 Å². The second kappa shape index (κ2) is 7.19. The Morgan fingerprint density at radius 2 is 1.84 bits per heavy atom. The van der Waals surface area contributed by atoms with E-state index in [9.17, 15) is 13.8 Å². The number of benzene rings is 1. The first-order valence-corrected chi connectivity index (χ1v) is 7.64. The molecule has 104 valence electrons. The maximum absolute atomic E-state index is 12.1. The highest BCUT2D eigenvalue weighted by atomic mass is 32.2. The van der Waals surface area contributed by atoms with Gasteiger partial charge in [0.25, 0.3) is 0 Å². The molecule has 0 bridgehead atoms. The SMILES string of the molecule is COC(=O)C(CC(=O)c1ccc(C)cc1)CS(C)=O. The number of methoxy groups -OCH3 is 1. The molecule has 0 saturated carbocycles. The zero-order valence-electron chi connectivity index (χ0n) is 11.3. The quantitative estimate of drug-likeness (QED) is 0.589. The van der Waals surface area contributed by atoms with Crippen molar-refractivity contribution in [2.24, 2.45) is 5.92 Å². The number of carbonyl (C=O) groups excluding carboxylic acids is 2. The van der Waals surface area contributed by atoms with Crippen LogP contribution < -0.4 is 0 Å². The van der Waals surface area contributed by atoms with Gasteiger partial charge in [0.05, 0.1) is 13.0 Å². The Kier molecular flexibility index (Phi) is 5.89. The van der Waals surface area contributed by atoms with Crippen LogP contribution in [0.25, 0.3) is 0 Å². The first kappa shape index (κ1) is 15.6. The number of esters is 1. The molecule has 0 amide bonds. The fourth-order valence-electron chi connectivity index (χ4n) is 1.74. The van der Waals surface area contributed by atoms with Crippen molar-refractivity contribution in [2.45, 2.75) is 13.3 Å². The second-order valence-electron chi connectivity index (χ2n) is 4.45. The summed E-state index contributed by atoms with van der Waals surface area (Å²) < 4.78 is 15.9. The van der Waals surface area contributed by atoms with E-state index in [0.717, 1.165) is 5.56 Å². The molecule has 1 aromatic rings. The van der Waals surface area contributed by atoms with Crippen molar-refractivity contribution in [2.75, 3.05) is 19.1 Å². The predicted octanol–water partition coefficient (Wildman–Crippen LogP) is 1.74. The summed E-state index contributed by atoms with van der Waals surface area (Å²) in [5.74, 6) is -1.13. The van der Waals surface area contributed by atoms with Crippen LogP contribution >= 0.6 is 0 Å². The van der Waals surface area contributed by atoms with E-state index in [2.05, 4.69) is 4.74 Å². The molecule has 2 unspecified atom stereocenters. The van der Waals surface area contributed by atoms with Crippen LogP contribution in [0, 0.1) is 12.8 Å². The Morgan fingerprint density at radius 1 is 1.26 bits per heavy atom. The fraction of sp³-hybridized carbons (Fsp3) is 0.429. The zero-order valence-corrected chi connectivity index (χ0v) is 12.2. The molecule has 1 aromatic carbocycles. The molecule has 0 spiro atoms. The number of hydrogen-bond donors (Lipinski definition) is 0.